The maximum atomic E-state index is 14.7. The van der Waals surface area contributed by atoms with Crippen molar-refractivity contribution in [2.24, 2.45) is 0 Å². The molecule has 4 heterocycles. The molecular weight excluding hydrogens is 387 g/mol. The third-order valence-corrected chi connectivity index (χ3v) is 5.87. The molecule has 2 aromatic heterocycles. The van der Waals surface area contributed by atoms with E-state index < -0.39 is 12.3 Å². The zero-order valence-corrected chi connectivity index (χ0v) is 16.6. The van der Waals surface area contributed by atoms with E-state index in [0.717, 1.165) is 24.8 Å². The summed E-state index contributed by atoms with van der Waals surface area (Å²) in [5.74, 6) is 1.48. The lowest BCUT2D eigenvalue weighted by Gasteiger charge is -2.42. The fourth-order valence-electron chi connectivity index (χ4n) is 4.35. The first kappa shape index (κ1) is 19.0. The normalized spacial score (nSPS) is 25.8. The lowest BCUT2D eigenvalue weighted by molar-refractivity contribution is 0.00652. The van der Waals surface area contributed by atoms with Crippen molar-refractivity contribution in [3.8, 4) is 34.2 Å². The van der Waals surface area contributed by atoms with E-state index in [1.807, 2.05) is 6.07 Å². The molecule has 7 nitrogen and oxygen atoms in total. The molecule has 2 N–H and O–H groups in total. The van der Waals surface area contributed by atoms with Crippen molar-refractivity contribution >= 4 is 0 Å². The van der Waals surface area contributed by atoms with Gasteiger partial charge in [0.05, 0.1) is 11.9 Å². The number of hydrogen-bond donors (Lipinski definition) is 2. The van der Waals surface area contributed by atoms with Gasteiger partial charge >= 0.3 is 0 Å². The second-order valence-electron chi connectivity index (χ2n) is 7.97. The molecule has 2 aliphatic rings. The maximum absolute atomic E-state index is 14.7. The van der Waals surface area contributed by atoms with Gasteiger partial charge in [-0.05, 0) is 31.0 Å². The molecule has 4 atom stereocenters. The highest BCUT2D eigenvalue weighted by atomic mass is 19.1. The molecule has 0 radical (unpaired) electrons. The Morgan fingerprint density at radius 3 is 2.83 bits per heavy atom. The Balaban J connectivity index is 1.31. The highest BCUT2D eigenvalue weighted by Gasteiger charge is 2.41. The molecule has 30 heavy (non-hydrogen) atoms. The number of aromatic nitrogens is 3. The topological polar surface area (TPSA) is 93.3 Å². The van der Waals surface area contributed by atoms with Crippen LogP contribution in [0.5, 0.6) is 11.6 Å². The van der Waals surface area contributed by atoms with Gasteiger partial charge in [-0.25, -0.2) is 9.37 Å². The summed E-state index contributed by atoms with van der Waals surface area (Å²) in [6.07, 6.45) is 3.62. The number of oxazole rings is 1. The second kappa shape index (κ2) is 7.68. The van der Waals surface area contributed by atoms with E-state index in [0.29, 0.717) is 41.3 Å². The Hall–Kier alpha value is -3.00. The van der Waals surface area contributed by atoms with Gasteiger partial charge in [0.25, 0.3) is 0 Å². The third-order valence-electron chi connectivity index (χ3n) is 5.87. The van der Waals surface area contributed by atoms with Gasteiger partial charge in [-0.2, -0.15) is 0 Å². The number of nitrogens with one attached hydrogen (secondary N) is 1. The van der Waals surface area contributed by atoms with E-state index >= 15 is 0 Å². The van der Waals surface area contributed by atoms with Crippen LogP contribution < -0.4 is 10.1 Å². The summed E-state index contributed by atoms with van der Waals surface area (Å²) < 4.78 is 26.0. The van der Waals surface area contributed by atoms with E-state index in [4.69, 9.17) is 9.15 Å². The minimum atomic E-state index is -1.06. The van der Waals surface area contributed by atoms with Gasteiger partial charge in [-0.3, -0.25) is 0 Å². The molecule has 156 valence electrons. The SMILES string of the molecule is Cc1ncc(-c2ccc(-c3ccc(O[C@@H]4CC5CCCC(N5)[C@@H]4F)nn3)c(O)c2)o1. The number of ether oxygens (including phenoxy) is 1. The first-order valence-corrected chi connectivity index (χ1v) is 10.2. The van der Waals surface area contributed by atoms with Gasteiger partial charge < -0.3 is 19.6 Å². The Kier molecular flexibility index (Phi) is 4.86. The van der Waals surface area contributed by atoms with Crippen molar-refractivity contribution in [1.29, 1.82) is 0 Å². The van der Waals surface area contributed by atoms with E-state index in [1.54, 1.807) is 37.4 Å². The number of aryl methyl sites for hydroxylation is 1. The van der Waals surface area contributed by atoms with E-state index in [-0.39, 0.29) is 11.8 Å². The number of alkyl halides is 1. The minimum Gasteiger partial charge on any atom is -0.507 e. The van der Waals surface area contributed by atoms with E-state index in [1.165, 1.54) is 0 Å². The average molecular weight is 410 g/mol. The molecule has 2 bridgehead atoms. The molecule has 2 fully saturated rings. The predicted molar refractivity (Wildman–Crippen MR) is 108 cm³/mol. The van der Waals surface area contributed by atoms with Crippen LogP contribution in [0.1, 0.15) is 31.6 Å². The van der Waals surface area contributed by atoms with Crippen LogP contribution in [0.4, 0.5) is 4.39 Å². The number of halogens is 1. The van der Waals surface area contributed by atoms with Crippen LogP contribution in [0, 0.1) is 6.92 Å². The van der Waals surface area contributed by atoms with Gasteiger partial charge in [-0.1, -0.05) is 12.5 Å². The van der Waals surface area contributed by atoms with Crippen LogP contribution in [-0.2, 0) is 0 Å². The van der Waals surface area contributed by atoms with Crippen LogP contribution in [0.3, 0.4) is 0 Å². The summed E-state index contributed by atoms with van der Waals surface area (Å²) in [5.41, 5.74) is 1.75. The first-order valence-electron chi connectivity index (χ1n) is 10.2. The van der Waals surface area contributed by atoms with Crippen LogP contribution in [0.15, 0.2) is 40.9 Å². The quantitative estimate of drug-likeness (QED) is 0.675. The summed E-state index contributed by atoms with van der Waals surface area (Å²) in [6, 6.07) is 8.71. The lowest BCUT2D eigenvalue weighted by atomic mass is 9.84. The minimum absolute atomic E-state index is 0.0551. The Bertz CT molecular complexity index is 1040. The number of piperidine rings is 2. The molecule has 5 rings (SSSR count). The van der Waals surface area contributed by atoms with Crippen molar-refractivity contribution in [2.75, 3.05) is 0 Å². The molecule has 2 unspecified atom stereocenters. The molecule has 3 aromatic rings. The molecule has 2 saturated heterocycles. The van der Waals surface area contributed by atoms with E-state index in [9.17, 15) is 9.50 Å². The number of benzene rings is 1. The maximum Gasteiger partial charge on any atom is 0.233 e. The smallest absolute Gasteiger partial charge is 0.233 e. The summed E-state index contributed by atoms with van der Waals surface area (Å²) in [6.45, 7) is 1.76. The third kappa shape index (κ3) is 3.63. The number of rotatable bonds is 4. The lowest BCUT2D eigenvalue weighted by Crippen LogP contribution is -2.59. The first-order chi connectivity index (χ1) is 14.6. The monoisotopic (exact) mass is 410 g/mol. The zero-order valence-electron chi connectivity index (χ0n) is 16.6. The van der Waals surface area contributed by atoms with Crippen molar-refractivity contribution in [3.63, 3.8) is 0 Å². The standard InChI is InChI=1S/C22H23FN4O3/c1-12-24-11-20(29-12)13-5-6-15(18(28)9-13)16-7-8-21(27-26-16)30-19-10-14-3-2-4-17(25-14)22(19)23/h5-9,11,14,17,19,22,25,28H,2-4,10H2,1H3/t14?,17?,19-,22+/m1/s1. The van der Waals surface area contributed by atoms with Gasteiger partial charge in [0.2, 0.25) is 5.88 Å². The highest BCUT2D eigenvalue weighted by Crippen LogP contribution is 2.34. The van der Waals surface area contributed by atoms with Gasteiger partial charge in [0, 0.05) is 42.6 Å². The molecule has 0 saturated carbocycles. The number of phenols is 1. The molecular formula is C22H23FN4O3. The molecule has 0 spiro atoms. The average Bonchev–Trinajstić information content (AvgIpc) is 3.19. The van der Waals surface area contributed by atoms with Crippen LogP contribution in [0.25, 0.3) is 22.6 Å². The van der Waals surface area contributed by atoms with E-state index in [2.05, 4.69) is 20.5 Å². The number of hydrogen-bond acceptors (Lipinski definition) is 7. The van der Waals surface area contributed by atoms with Crippen molar-refractivity contribution in [1.82, 2.24) is 20.5 Å². The van der Waals surface area contributed by atoms with Crippen molar-refractivity contribution in [3.05, 3.63) is 42.4 Å². The van der Waals surface area contributed by atoms with Gasteiger partial charge in [0.15, 0.2) is 17.8 Å². The summed E-state index contributed by atoms with van der Waals surface area (Å²) in [4.78, 5) is 4.07. The summed E-state index contributed by atoms with van der Waals surface area (Å²) in [5, 5.41) is 22.1. The van der Waals surface area contributed by atoms with Crippen LogP contribution in [0.2, 0.25) is 0 Å². The molecule has 1 aromatic carbocycles. The fourth-order valence-corrected chi connectivity index (χ4v) is 4.35. The molecule has 8 heteroatoms. The number of aromatic hydroxyl groups is 1. The van der Waals surface area contributed by atoms with Crippen LogP contribution >= 0.6 is 0 Å². The largest absolute Gasteiger partial charge is 0.507 e. The molecule has 2 aliphatic heterocycles. The number of nitrogens with zero attached hydrogens (tertiary/aromatic N) is 3. The summed E-state index contributed by atoms with van der Waals surface area (Å²) in [7, 11) is 0. The Morgan fingerprint density at radius 1 is 1.20 bits per heavy atom. The Morgan fingerprint density at radius 2 is 2.10 bits per heavy atom. The fraction of sp³-hybridized carbons (Fsp3) is 0.409. The van der Waals surface area contributed by atoms with Gasteiger partial charge in [0.1, 0.15) is 11.9 Å². The summed E-state index contributed by atoms with van der Waals surface area (Å²) >= 11 is 0. The molecule has 0 amide bonds. The van der Waals surface area contributed by atoms with Crippen LogP contribution in [-0.4, -0.2) is 44.6 Å². The number of phenolic OH excluding ortho intramolecular Hbond substituents is 1. The predicted octanol–water partition coefficient (Wildman–Crippen LogP) is 3.81. The molecule has 0 aliphatic carbocycles. The number of fused-ring (bicyclic) bond motifs is 2. The Labute approximate surface area is 173 Å². The highest BCUT2D eigenvalue weighted by molar-refractivity contribution is 5.72. The van der Waals surface area contributed by atoms with Crippen molar-refractivity contribution < 1.29 is 18.7 Å². The second-order valence-corrected chi connectivity index (χ2v) is 7.97. The van der Waals surface area contributed by atoms with Crippen molar-refractivity contribution in [2.45, 2.75) is 57.0 Å². The zero-order chi connectivity index (χ0) is 20.7. The van der Waals surface area contributed by atoms with Gasteiger partial charge in [-0.15, -0.1) is 10.2 Å².